The Hall–Kier alpha value is -2.20. The number of hydrogen-bond acceptors (Lipinski definition) is 3. The van der Waals surface area contributed by atoms with Gasteiger partial charge in [-0.15, -0.1) is 0 Å². The van der Waals surface area contributed by atoms with E-state index in [0.29, 0.717) is 5.41 Å². The van der Waals surface area contributed by atoms with Gasteiger partial charge in [-0.2, -0.15) is 0 Å². The Labute approximate surface area is 168 Å². The minimum atomic E-state index is -0.345. The molecule has 1 aromatic carbocycles. The highest BCUT2D eigenvalue weighted by Gasteiger charge is 2.58. The molecule has 2 aliphatic carbocycles. The molecule has 1 amide bonds. The summed E-state index contributed by atoms with van der Waals surface area (Å²) >= 11 is 0. The summed E-state index contributed by atoms with van der Waals surface area (Å²) in [5.41, 5.74) is 2.74. The van der Waals surface area contributed by atoms with Crippen LogP contribution in [0.3, 0.4) is 0 Å². The van der Waals surface area contributed by atoms with Gasteiger partial charge in [0.05, 0.1) is 0 Å². The lowest BCUT2D eigenvalue weighted by molar-refractivity contribution is -0.124. The molecule has 1 atom stereocenters. The zero-order valence-corrected chi connectivity index (χ0v) is 16.9. The fraction of sp³-hybridized carbons (Fsp3) is 0.500. The van der Waals surface area contributed by atoms with E-state index in [1.807, 2.05) is 56.4 Å². The third-order valence-corrected chi connectivity index (χ3v) is 6.52. The SMILES string of the molecule is CC(C)NC(=O)C(NCC1(c2ccccn2)CC2(CCC2)C1)c1ccccc1. The highest BCUT2D eigenvalue weighted by atomic mass is 16.2. The molecule has 1 aromatic heterocycles. The van der Waals surface area contributed by atoms with Crippen molar-refractivity contribution in [2.45, 2.75) is 63.5 Å². The molecule has 2 fully saturated rings. The van der Waals surface area contributed by atoms with Gasteiger partial charge in [-0.25, -0.2) is 0 Å². The molecule has 2 N–H and O–H groups in total. The van der Waals surface area contributed by atoms with Crippen molar-refractivity contribution in [2.24, 2.45) is 5.41 Å². The zero-order valence-electron chi connectivity index (χ0n) is 16.9. The molecule has 2 aromatic rings. The van der Waals surface area contributed by atoms with E-state index in [1.165, 1.54) is 32.1 Å². The zero-order chi connectivity index (χ0) is 19.6. The summed E-state index contributed by atoms with van der Waals surface area (Å²) in [5.74, 6) is 0.0371. The first-order valence-electron chi connectivity index (χ1n) is 10.5. The second-order valence-corrected chi connectivity index (χ2v) is 9.09. The molecule has 148 valence electrons. The topological polar surface area (TPSA) is 54.0 Å². The van der Waals surface area contributed by atoms with Crippen LogP contribution in [0.4, 0.5) is 0 Å². The van der Waals surface area contributed by atoms with E-state index in [9.17, 15) is 4.79 Å². The van der Waals surface area contributed by atoms with Crippen molar-refractivity contribution in [1.82, 2.24) is 15.6 Å². The number of pyridine rings is 1. The quantitative estimate of drug-likeness (QED) is 0.762. The van der Waals surface area contributed by atoms with Crippen molar-refractivity contribution in [3.63, 3.8) is 0 Å². The fourth-order valence-corrected chi connectivity index (χ4v) is 5.16. The van der Waals surface area contributed by atoms with Crippen molar-refractivity contribution >= 4 is 5.91 Å². The van der Waals surface area contributed by atoms with Gasteiger partial charge in [-0.3, -0.25) is 9.78 Å². The summed E-state index contributed by atoms with van der Waals surface area (Å²) < 4.78 is 0. The molecule has 2 saturated carbocycles. The number of hydrogen-bond donors (Lipinski definition) is 2. The Bertz CT molecular complexity index is 791. The predicted molar refractivity (Wildman–Crippen MR) is 112 cm³/mol. The molecule has 4 nitrogen and oxygen atoms in total. The van der Waals surface area contributed by atoms with Crippen LogP contribution in [0, 0.1) is 5.41 Å². The Kier molecular flexibility index (Phi) is 5.24. The molecule has 1 unspecified atom stereocenters. The van der Waals surface area contributed by atoms with Crippen molar-refractivity contribution in [3.05, 3.63) is 66.0 Å². The van der Waals surface area contributed by atoms with Crippen molar-refractivity contribution < 1.29 is 4.79 Å². The summed E-state index contributed by atoms with van der Waals surface area (Å²) in [6.07, 6.45) is 8.29. The summed E-state index contributed by atoms with van der Waals surface area (Å²) in [5, 5.41) is 6.69. The van der Waals surface area contributed by atoms with Crippen LogP contribution in [0.25, 0.3) is 0 Å². The lowest BCUT2D eigenvalue weighted by Gasteiger charge is -2.61. The lowest BCUT2D eigenvalue weighted by Crippen LogP contribution is -2.58. The Morgan fingerprint density at radius 1 is 1.07 bits per heavy atom. The number of carbonyl (C=O) groups is 1. The summed E-state index contributed by atoms with van der Waals surface area (Å²) in [7, 11) is 0. The van der Waals surface area contributed by atoms with E-state index in [-0.39, 0.29) is 23.4 Å². The van der Waals surface area contributed by atoms with Crippen molar-refractivity contribution in [2.75, 3.05) is 6.54 Å². The maximum atomic E-state index is 12.9. The van der Waals surface area contributed by atoms with Gasteiger partial charge in [-0.1, -0.05) is 42.8 Å². The highest BCUT2D eigenvalue weighted by Crippen LogP contribution is 2.64. The lowest BCUT2D eigenvalue weighted by atomic mass is 9.44. The molecule has 2 aliphatic rings. The minimum Gasteiger partial charge on any atom is -0.352 e. The van der Waals surface area contributed by atoms with Crippen LogP contribution in [-0.4, -0.2) is 23.5 Å². The van der Waals surface area contributed by atoms with Gasteiger partial charge in [-0.05, 0) is 62.6 Å². The molecule has 4 rings (SSSR count). The van der Waals surface area contributed by atoms with Crippen LogP contribution < -0.4 is 10.6 Å². The van der Waals surface area contributed by atoms with E-state index in [0.717, 1.165) is 17.8 Å². The molecule has 0 aliphatic heterocycles. The summed E-state index contributed by atoms with van der Waals surface area (Å²) in [6, 6.07) is 16.0. The number of nitrogens with zero attached hydrogens (tertiary/aromatic N) is 1. The third kappa shape index (κ3) is 3.70. The monoisotopic (exact) mass is 377 g/mol. The van der Waals surface area contributed by atoms with Gasteiger partial charge < -0.3 is 10.6 Å². The average Bonchev–Trinajstić information content (AvgIpc) is 2.63. The van der Waals surface area contributed by atoms with Crippen LogP contribution in [0.15, 0.2) is 54.7 Å². The normalized spacial score (nSPS) is 20.2. The second-order valence-electron chi connectivity index (χ2n) is 9.09. The maximum absolute atomic E-state index is 12.9. The molecule has 1 heterocycles. The number of amides is 1. The maximum Gasteiger partial charge on any atom is 0.241 e. The Morgan fingerprint density at radius 2 is 1.79 bits per heavy atom. The van der Waals surface area contributed by atoms with Crippen molar-refractivity contribution in [3.8, 4) is 0 Å². The number of carbonyl (C=O) groups excluding carboxylic acids is 1. The van der Waals surface area contributed by atoms with E-state index in [1.54, 1.807) is 0 Å². The summed E-state index contributed by atoms with van der Waals surface area (Å²) in [4.78, 5) is 17.6. The van der Waals surface area contributed by atoms with Crippen molar-refractivity contribution in [1.29, 1.82) is 0 Å². The van der Waals surface area contributed by atoms with Crippen LogP contribution in [0.5, 0.6) is 0 Å². The number of benzene rings is 1. The van der Waals surface area contributed by atoms with E-state index < -0.39 is 0 Å². The minimum absolute atomic E-state index is 0.0345. The van der Waals surface area contributed by atoms with Gasteiger partial charge in [0, 0.05) is 29.9 Å². The predicted octanol–water partition coefficient (Wildman–Crippen LogP) is 4.14. The van der Waals surface area contributed by atoms with E-state index in [4.69, 9.17) is 4.98 Å². The number of rotatable bonds is 7. The van der Waals surface area contributed by atoms with E-state index >= 15 is 0 Å². The molecule has 0 bridgehead atoms. The van der Waals surface area contributed by atoms with Gasteiger partial charge in [0.25, 0.3) is 0 Å². The highest BCUT2D eigenvalue weighted by molar-refractivity contribution is 5.83. The standard InChI is InChI=1S/C24H31N3O/c1-18(2)27-22(28)21(19-9-4-3-5-10-19)26-17-24(20-11-6-7-14-25-20)15-23(16-24)12-8-13-23/h3-7,9-11,14,18,21,26H,8,12-13,15-17H2,1-2H3,(H,27,28). The number of aromatic nitrogens is 1. The molecule has 4 heteroatoms. The molecule has 1 spiro atoms. The largest absolute Gasteiger partial charge is 0.352 e. The van der Waals surface area contributed by atoms with E-state index in [2.05, 4.69) is 22.8 Å². The van der Waals surface area contributed by atoms with Crippen LogP contribution >= 0.6 is 0 Å². The first-order chi connectivity index (χ1) is 13.5. The Balaban J connectivity index is 1.54. The Morgan fingerprint density at radius 3 is 2.36 bits per heavy atom. The van der Waals surface area contributed by atoms with Crippen LogP contribution in [-0.2, 0) is 10.2 Å². The van der Waals surface area contributed by atoms with Gasteiger partial charge >= 0.3 is 0 Å². The van der Waals surface area contributed by atoms with Crippen LogP contribution in [0.1, 0.15) is 63.3 Å². The smallest absolute Gasteiger partial charge is 0.241 e. The van der Waals surface area contributed by atoms with Gasteiger partial charge in [0.2, 0.25) is 5.91 Å². The first-order valence-corrected chi connectivity index (χ1v) is 10.5. The third-order valence-electron chi connectivity index (χ3n) is 6.52. The summed E-state index contributed by atoms with van der Waals surface area (Å²) in [6.45, 7) is 4.78. The molecular weight excluding hydrogens is 346 g/mol. The fourth-order valence-electron chi connectivity index (χ4n) is 5.16. The number of nitrogens with one attached hydrogen (secondary N) is 2. The first kappa shape index (κ1) is 19.1. The van der Waals surface area contributed by atoms with Crippen LogP contribution in [0.2, 0.25) is 0 Å². The molecule has 0 saturated heterocycles. The average molecular weight is 378 g/mol. The second kappa shape index (κ2) is 7.67. The molecule has 28 heavy (non-hydrogen) atoms. The van der Waals surface area contributed by atoms with Gasteiger partial charge in [0.15, 0.2) is 0 Å². The van der Waals surface area contributed by atoms with Gasteiger partial charge in [0.1, 0.15) is 6.04 Å². The molecule has 0 radical (unpaired) electrons. The molecular formula is C24H31N3O.